The first kappa shape index (κ1) is 11.9. The number of pyridine rings is 1. The smallest absolute Gasteiger partial charge is 0.152 e. The number of nitrogens with two attached hydrogens (primary N) is 1. The van der Waals surface area contributed by atoms with E-state index in [4.69, 9.17) is 10.7 Å². The van der Waals surface area contributed by atoms with Crippen molar-refractivity contribution >= 4 is 23.2 Å². The molecular formula is C13H18N4S. The van der Waals surface area contributed by atoms with Gasteiger partial charge in [-0.2, -0.15) is 11.8 Å². The summed E-state index contributed by atoms with van der Waals surface area (Å²) in [6.07, 6.45) is 3.27. The number of fused-ring (bicyclic) bond motifs is 1. The molecule has 1 fully saturated rings. The molecule has 1 unspecified atom stereocenters. The van der Waals surface area contributed by atoms with E-state index in [-0.39, 0.29) is 0 Å². The Kier molecular flexibility index (Phi) is 3.18. The highest BCUT2D eigenvalue weighted by Gasteiger charge is 2.24. The number of hydrogen-bond acceptors (Lipinski definition) is 4. The molecule has 2 aromatic rings. The van der Waals surface area contributed by atoms with E-state index in [2.05, 4.69) is 16.3 Å². The van der Waals surface area contributed by atoms with Crippen LogP contribution in [0.15, 0.2) is 24.4 Å². The Morgan fingerprint density at radius 2 is 2.44 bits per heavy atom. The zero-order valence-corrected chi connectivity index (χ0v) is 11.4. The van der Waals surface area contributed by atoms with Crippen LogP contribution in [0.25, 0.3) is 5.65 Å². The van der Waals surface area contributed by atoms with Crippen LogP contribution in [0, 0.1) is 0 Å². The van der Waals surface area contributed by atoms with Crippen molar-refractivity contribution in [2.24, 2.45) is 5.73 Å². The third-order valence-electron chi connectivity index (χ3n) is 3.59. The minimum Gasteiger partial charge on any atom is -0.354 e. The molecule has 4 nitrogen and oxygen atoms in total. The summed E-state index contributed by atoms with van der Waals surface area (Å²) in [4.78, 5) is 7.03. The molecule has 2 N–H and O–H groups in total. The number of aromatic nitrogens is 2. The van der Waals surface area contributed by atoms with Crippen molar-refractivity contribution in [3.05, 3.63) is 30.1 Å². The van der Waals surface area contributed by atoms with Crippen molar-refractivity contribution in [3.63, 3.8) is 0 Å². The number of thioether (sulfide) groups is 1. The summed E-state index contributed by atoms with van der Waals surface area (Å²) in [6.45, 7) is 0.519. The summed E-state index contributed by atoms with van der Waals surface area (Å²) in [5.41, 5.74) is 7.98. The summed E-state index contributed by atoms with van der Waals surface area (Å²) >= 11 is 2.02. The SMILES string of the molecule is CN(c1nc2ccccn2c1CN)C1CCSC1. The lowest BCUT2D eigenvalue weighted by Crippen LogP contribution is -2.32. The summed E-state index contributed by atoms with van der Waals surface area (Å²) in [6, 6.07) is 6.64. The molecule has 96 valence electrons. The Hall–Kier alpha value is -1.20. The number of nitrogens with zero attached hydrogens (tertiary/aromatic N) is 3. The van der Waals surface area contributed by atoms with Gasteiger partial charge in [-0.05, 0) is 24.3 Å². The molecule has 0 aliphatic carbocycles. The number of imidazole rings is 1. The van der Waals surface area contributed by atoms with Crippen LogP contribution in [0.5, 0.6) is 0 Å². The molecule has 0 saturated carbocycles. The van der Waals surface area contributed by atoms with Gasteiger partial charge in [-0.15, -0.1) is 0 Å². The van der Waals surface area contributed by atoms with E-state index in [0.29, 0.717) is 12.6 Å². The first-order valence-corrected chi connectivity index (χ1v) is 7.43. The number of anilines is 1. The fraction of sp³-hybridized carbons (Fsp3) is 0.462. The molecule has 3 heterocycles. The summed E-state index contributed by atoms with van der Waals surface area (Å²) in [5, 5.41) is 0. The van der Waals surface area contributed by atoms with E-state index in [1.807, 2.05) is 36.2 Å². The van der Waals surface area contributed by atoms with Gasteiger partial charge in [-0.25, -0.2) is 4.98 Å². The molecule has 0 amide bonds. The van der Waals surface area contributed by atoms with Gasteiger partial charge >= 0.3 is 0 Å². The van der Waals surface area contributed by atoms with Gasteiger partial charge in [0.15, 0.2) is 5.82 Å². The Morgan fingerprint density at radius 3 is 3.17 bits per heavy atom. The van der Waals surface area contributed by atoms with Crippen molar-refractivity contribution in [2.75, 3.05) is 23.5 Å². The zero-order chi connectivity index (χ0) is 12.5. The van der Waals surface area contributed by atoms with E-state index in [0.717, 1.165) is 17.2 Å². The quantitative estimate of drug-likeness (QED) is 0.915. The zero-order valence-electron chi connectivity index (χ0n) is 10.5. The van der Waals surface area contributed by atoms with Crippen LogP contribution in [0.4, 0.5) is 5.82 Å². The molecule has 1 saturated heterocycles. The lowest BCUT2D eigenvalue weighted by Gasteiger charge is -2.24. The van der Waals surface area contributed by atoms with Crippen LogP contribution in [0.3, 0.4) is 0 Å². The number of rotatable bonds is 3. The lowest BCUT2D eigenvalue weighted by molar-refractivity contribution is 0.689. The monoisotopic (exact) mass is 262 g/mol. The van der Waals surface area contributed by atoms with Gasteiger partial charge in [0.25, 0.3) is 0 Å². The van der Waals surface area contributed by atoms with Crippen molar-refractivity contribution in [1.82, 2.24) is 9.38 Å². The third kappa shape index (κ3) is 1.87. The normalized spacial score (nSPS) is 19.6. The highest BCUT2D eigenvalue weighted by molar-refractivity contribution is 7.99. The predicted molar refractivity (Wildman–Crippen MR) is 77.2 cm³/mol. The first-order chi connectivity index (χ1) is 8.81. The molecule has 5 heteroatoms. The molecule has 0 aromatic carbocycles. The minimum absolute atomic E-state index is 0.519. The van der Waals surface area contributed by atoms with Gasteiger partial charge in [0.1, 0.15) is 5.65 Å². The summed E-state index contributed by atoms with van der Waals surface area (Å²) in [5.74, 6) is 3.48. The number of hydrogen-bond donors (Lipinski definition) is 1. The molecule has 0 radical (unpaired) electrons. The molecule has 18 heavy (non-hydrogen) atoms. The first-order valence-electron chi connectivity index (χ1n) is 6.28. The Labute approximate surface area is 111 Å². The van der Waals surface area contributed by atoms with Gasteiger partial charge in [-0.3, -0.25) is 0 Å². The molecule has 2 aromatic heterocycles. The Balaban J connectivity index is 2.04. The maximum absolute atomic E-state index is 5.90. The third-order valence-corrected chi connectivity index (χ3v) is 4.73. The minimum atomic E-state index is 0.519. The van der Waals surface area contributed by atoms with Crippen LogP contribution in [-0.4, -0.2) is 34.0 Å². The van der Waals surface area contributed by atoms with Crippen molar-refractivity contribution in [1.29, 1.82) is 0 Å². The van der Waals surface area contributed by atoms with Crippen LogP contribution in [0.2, 0.25) is 0 Å². The maximum Gasteiger partial charge on any atom is 0.152 e. The van der Waals surface area contributed by atoms with Gasteiger partial charge in [-0.1, -0.05) is 6.07 Å². The molecule has 1 atom stereocenters. The van der Waals surface area contributed by atoms with E-state index in [1.165, 1.54) is 17.9 Å². The lowest BCUT2D eigenvalue weighted by atomic mass is 10.2. The van der Waals surface area contributed by atoms with Crippen LogP contribution in [0.1, 0.15) is 12.1 Å². The van der Waals surface area contributed by atoms with Gasteiger partial charge in [0, 0.05) is 31.6 Å². The molecule has 0 bridgehead atoms. The van der Waals surface area contributed by atoms with Gasteiger partial charge in [0.2, 0.25) is 0 Å². The van der Waals surface area contributed by atoms with Crippen LogP contribution >= 0.6 is 11.8 Å². The summed E-state index contributed by atoms with van der Waals surface area (Å²) in [7, 11) is 2.14. The van der Waals surface area contributed by atoms with Crippen LogP contribution < -0.4 is 10.6 Å². The van der Waals surface area contributed by atoms with Crippen molar-refractivity contribution in [3.8, 4) is 0 Å². The second kappa shape index (κ2) is 4.82. The Bertz CT molecular complexity index is 545. The van der Waals surface area contributed by atoms with Crippen molar-refractivity contribution in [2.45, 2.75) is 19.0 Å². The van der Waals surface area contributed by atoms with E-state index in [1.54, 1.807) is 0 Å². The van der Waals surface area contributed by atoms with Crippen molar-refractivity contribution < 1.29 is 0 Å². The average molecular weight is 262 g/mol. The summed E-state index contributed by atoms with van der Waals surface area (Å²) < 4.78 is 2.09. The highest BCUT2D eigenvalue weighted by Crippen LogP contribution is 2.28. The molecule has 1 aliphatic heterocycles. The van der Waals surface area contributed by atoms with E-state index >= 15 is 0 Å². The standard InChI is InChI=1S/C13H18N4S/c1-16(10-5-7-18-9-10)13-11(8-14)17-6-3-2-4-12(17)15-13/h2-4,6,10H,5,7-9,14H2,1H3. The predicted octanol–water partition coefficient (Wildman–Crippen LogP) is 1.73. The van der Waals surface area contributed by atoms with E-state index < -0.39 is 0 Å². The van der Waals surface area contributed by atoms with Gasteiger partial charge < -0.3 is 15.0 Å². The van der Waals surface area contributed by atoms with E-state index in [9.17, 15) is 0 Å². The highest BCUT2D eigenvalue weighted by atomic mass is 32.2. The topological polar surface area (TPSA) is 46.6 Å². The molecule has 0 spiro atoms. The second-order valence-corrected chi connectivity index (χ2v) is 5.79. The maximum atomic E-state index is 5.90. The Morgan fingerprint density at radius 1 is 1.56 bits per heavy atom. The molecule has 1 aliphatic rings. The van der Waals surface area contributed by atoms with Crippen LogP contribution in [-0.2, 0) is 6.54 Å². The largest absolute Gasteiger partial charge is 0.354 e. The molecular weight excluding hydrogens is 244 g/mol. The van der Waals surface area contributed by atoms with Gasteiger partial charge in [0.05, 0.1) is 5.69 Å². The average Bonchev–Trinajstić information content (AvgIpc) is 3.04. The second-order valence-electron chi connectivity index (χ2n) is 4.64. The fourth-order valence-corrected chi connectivity index (χ4v) is 3.77. The fourth-order valence-electron chi connectivity index (χ4n) is 2.51. The molecule has 3 rings (SSSR count).